The van der Waals surface area contributed by atoms with Crippen LogP contribution in [-0.2, 0) is 6.61 Å². The number of nitrogens with zero attached hydrogens (tertiary/aromatic N) is 1. The van der Waals surface area contributed by atoms with E-state index in [9.17, 15) is 9.59 Å². The summed E-state index contributed by atoms with van der Waals surface area (Å²) in [4.78, 5) is 25.8. The van der Waals surface area contributed by atoms with E-state index >= 15 is 0 Å². The van der Waals surface area contributed by atoms with Gasteiger partial charge in [0.2, 0.25) is 0 Å². The zero-order valence-corrected chi connectivity index (χ0v) is 16.4. The lowest BCUT2D eigenvalue weighted by molar-refractivity contribution is 0.0992. The van der Waals surface area contributed by atoms with Crippen molar-refractivity contribution in [1.82, 2.24) is 5.32 Å². The molecule has 3 aromatic rings. The molecule has 1 fully saturated rings. The molecule has 0 spiro atoms. The first kappa shape index (κ1) is 19.4. The minimum Gasteiger partial charge on any atom is -0.493 e. The molecule has 0 aliphatic carbocycles. The van der Waals surface area contributed by atoms with Crippen LogP contribution in [0.5, 0.6) is 11.5 Å². The van der Waals surface area contributed by atoms with Crippen LogP contribution in [0.3, 0.4) is 0 Å². The SMILES string of the molecule is COc1ccccc1OCc1ccc(C(=O)Nc2ccc(N3CCNC3=O)cc2)o1. The van der Waals surface area contributed by atoms with E-state index < -0.39 is 0 Å². The van der Waals surface area contributed by atoms with Gasteiger partial charge in [-0.15, -0.1) is 0 Å². The zero-order valence-electron chi connectivity index (χ0n) is 16.4. The molecule has 4 rings (SSSR count). The van der Waals surface area contributed by atoms with Crippen molar-refractivity contribution in [2.45, 2.75) is 6.61 Å². The molecule has 2 heterocycles. The Balaban J connectivity index is 1.35. The van der Waals surface area contributed by atoms with Gasteiger partial charge in [0, 0.05) is 24.5 Å². The van der Waals surface area contributed by atoms with E-state index in [4.69, 9.17) is 13.9 Å². The van der Waals surface area contributed by atoms with Crippen LogP contribution in [0.2, 0.25) is 0 Å². The second-order valence-electron chi connectivity index (χ2n) is 6.59. The largest absolute Gasteiger partial charge is 0.493 e. The number of furan rings is 1. The summed E-state index contributed by atoms with van der Waals surface area (Å²) in [5.74, 6) is 1.54. The summed E-state index contributed by atoms with van der Waals surface area (Å²) in [6, 6.07) is 17.5. The first-order chi connectivity index (χ1) is 14.6. The van der Waals surface area contributed by atoms with Crippen LogP contribution < -0.4 is 25.0 Å². The minimum atomic E-state index is -0.370. The van der Waals surface area contributed by atoms with Crippen molar-refractivity contribution in [1.29, 1.82) is 0 Å². The fourth-order valence-electron chi connectivity index (χ4n) is 3.10. The number of anilines is 2. The molecule has 1 saturated heterocycles. The van der Waals surface area contributed by atoms with Crippen LogP contribution in [0.4, 0.5) is 16.2 Å². The van der Waals surface area contributed by atoms with Gasteiger partial charge < -0.3 is 24.5 Å². The summed E-state index contributed by atoms with van der Waals surface area (Å²) in [7, 11) is 1.57. The third-order valence-corrected chi connectivity index (χ3v) is 4.62. The molecule has 8 nitrogen and oxygen atoms in total. The highest BCUT2D eigenvalue weighted by atomic mass is 16.5. The second-order valence-corrected chi connectivity index (χ2v) is 6.59. The molecule has 3 amide bonds. The van der Waals surface area contributed by atoms with E-state index in [1.807, 2.05) is 12.1 Å². The fourth-order valence-corrected chi connectivity index (χ4v) is 3.10. The first-order valence-electron chi connectivity index (χ1n) is 9.45. The maximum absolute atomic E-state index is 12.5. The number of benzene rings is 2. The average Bonchev–Trinajstić information content (AvgIpc) is 3.42. The molecular weight excluding hydrogens is 386 g/mol. The van der Waals surface area contributed by atoms with Gasteiger partial charge in [-0.1, -0.05) is 12.1 Å². The van der Waals surface area contributed by atoms with Gasteiger partial charge in [-0.05, 0) is 48.5 Å². The summed E-state index contributed by atoms with van der Waals surface area (Å²) < 4.78 is 16.5. The molecular formula is C22H21N3O5. The van der Waals surface area contributed by atoms with E-state index in [1.54, 1.807) is 60.5 Å². The molecule has 0 atom stereocenters. The number of hydrogen-bond acceptors (Lipinski definition) is 5. The zero-order chi connectivity index (χ0) is 20.9. The van der Waals surface area contributed by atoms with Crippen molar-refractivity contribution < 1.29 is 23.5 Å². The first-order valence-corrected chi connectivity index (χ1v) is 9.45. The van der Waals surface area contributed by atoms with Crippen LogP contribution >= 0.6 is 0 Å². The van der Waals surface area contributed by atoms with Crippen LogP contribution in [0.25, 0.3) is 0 Å². The highest BCUT2D eigenvalue weighted by Gasteiger charge is 2.21. The van der Waals surface area contributed by atoms with Crippen LogP contribution in [0.15, 0.2) is 65.1 Å². The summed E-state index contributed by atoms with van der Waals surface area (Å²) in [5, 5.41) is 5.53. The number of para-hydroxylation sites is 2. The smallest absolute Gasteiger partial charge is 0.321 e. The molecule has 1 aromatic heterocycles. The Labute approximate surface area is 173 Å². The third kappa shape index (κ3) is 4.22. The molecule has 30 heavy (non-hydrogen) atoms. The van der Waals surface area contributed by atoms with Gasteiger partial charge in [0.05, 0.1) is 7.11 Å². The minimum absolute atomic E-state index is 0.120. The monoisotopic (exact) mass is 407 g/mol. The van der Waals surface area contributed by atoms with Gasteiger partial charge in [-0.2, -0.15) is 0 Å². The number of amides is 3. The van der Waals surface area contributed by atoms with Crippen molar-refractivity contribution in [3.05, 3.63) is 72.2 Å². The Kier molecular flexibility index (Phi) is 5.56. The average molecular weight is 407 g/mol. The van der Waals surface area contributed by atoms with Crippen molar-refractivity contribution in [2.24, 2.45) is 0 Å². The molecule has 1 aliphatic rings. The number of nitrogens with one attached hydrogen (secondary N) is 2. The molecule has 2 aromatic carbocycles. The molecule has 154 valence electrons. The van der Waals surface area contributed by atoms with Crippen LogP contribution in [0, 0.1) is 0 Å². The number of ether oxygens (including phenoxy) is 2. The number of carbonyl (C=O) groups excluding carboxylic acids is 2. The molecule has 0 radical (unpaired) electrons. The van der Waals surface area contributed by atoms with Crippen molar-refractivity contribution in [3.8, 4) is 11.5 Å². The lowest BCUT2D eigenvalue weighted by Crippen LogP contribution is -2.27. The Morgan fingerprint density at radius 1 is 1.10 bits per heavy atom. The van der Waals surface area contributed by atoms with Crippen LogP contribution in [0.1, 0.15) is 16.3 Å². The summed E-state index contributed by atoms with van der Waals surface area (Å²) in [6.45, 7) is 1.41. The van der Waals surface area contributed by atoms with Gasteiger partial charge in [-0.3, -0.25) is 9.69 Å². The highest BCUT2D eigenvalue weighted by molar-refractivity contribution is 6.02. The van der Waals surface area contributed by atoms with Crippen molar-refractivity contribution in [3.63, 3.8) is 0 Å². The van der Waals surface area contributed by atoms with E-state index in [1.165, 1.54) is 0 Å². The number of methoxy groups -OCH3 is 1. The molecule has 8 heteroatoms. The highest BCUT2D eigenvalue weighted by Crippen LogP contribution is 2.27. The normalized spacial score (nSPS) is 13.1. The predicted octanol–water partition coefficient (Wildman–Crippen LogP) is 3.65. The van der Waals surface area contributed by atoms with E-state index in [0.717, 1.165) is 5.69 Å². The van der Waals surface area contributed by atoms with Gasteiger partial charge in [0.15, 0.2) is 17.3 Å². The summed E-state index contributed by atoms with van der Waals surface area (Å²) in [6.07, 6.45) is 0. The van der Waals surface area contributed by atoms with Gasteiger partial charge in [-0.25, -0.2) is 4.79 Å². The second kappa shape index (κ2) is 8.60. The predicted molar refractivity (Wildman–Crippen MR) is 111 cm³/mol. The quantitative estimate of drug-likeness (QED) is 0.624. The van der Waals surface area contributed by atoms with E-state index in [2.05, 4.69) is 10.6 Å². The van der Waals surface area contributed by atoms with Crippen molar-refractivity contribution >= 4 is 23.3 Å². The number of carbonyl (C=O) groups is 2. The number of urea groups is 1. The Morgan fingerprint density at radius 3 is 2.57 bits per heavy atom. The number of rotatable bonds is 7. The Bertz CT molecular complexity index is 1040. The lowest BCUT2D eigenvalue weighted by Gasteiger charge is -2.14. The maximum Gasteiger partial charge on any atom is 0.321 e. The van der Waals surface area contributed by atoms with Crippen LogP contribution in [-0.4, -0.2) is 32.1 Å². The lowest BCUT2D eigenvalue weighted by atomic mass is 10.2. The van der Waals surface area contributed by atoms with Gasteiger partial charge in [0.25, 0.3) is 5.91 Å². The van der Waals surface area contributed by atoms with Gasteiger partial charge in [0.1, 0.15) is 12.4 Å². The maximum atomic E-state index is 12.5. The topological polar surface area (TPSA) is 93.0 Å². The van der Waals surface area contributed by atoms with E-state index in [0.29, 0.717) is 36.0 Å². The molecule has 1 aliphatic heterocycles. The Hall–Kier alpha value is -3.94. The standard InChI is InChI=1S/C22H21N3O5/c1-28-18-4-2-3-5-19(18)29-14-17-10-11-20(30-17)21(26)24-15-6-8-16(9-7-15)25-13-12-23-22(25)27/h2-11H,12-14H2,1H3,(H,23,27)(H,24,26). The molecule has 2 N–H and O–H groups in total. The van der Waals surface area contributed by atoms with Gasteiger partial charge >= 0.3 is 6.03 Å². The molecule has 0 unspecified atom stereocenters. The summed E-state index contributed by atoms with van der Waals surface area (Å²) in [5.41, 5.74) is 1.38. The fraction of sp³-hybridized carbons (Fsp3) is 0.182. The third-order valence-electron chi connectivity index (χ3n) is 4.62. The van der Waals surface area contributed by atoms with E-state index in [-0.39, 0.29) is 24.3 Å². The summed E-state index contributed by atoms with van der Waals surface area (Å²) >= 11 is 0. The molecule has 0 bridgehead atoms. The Morgan fingerprint density at radius 2 is 1.87 bits per heavy atom. The van der Waals surface area contributed by atoms with Crippen molar-refractivity contribution in [2.75, 3.05) is 30.4 Å². The number of hydrogen-bond donors (Lipinski definition) is 2. The molecule has 0 saturated carbocycles.